The predicted molar refractivity (Wildman–Crippen MR) is 59.9 cm³/mol. The second kappa shape index (κ2) is 4.54. The van der Waals surface area contributed by atoms with E-state index in [4.69, 9.17) is 4.74 Å². The Balaban J connectivity index is 2.15. The second-order valence-electron chi connectivity index (χ2n) is 4.35. The molecular formula is C13H15NO2. The molecule has 0 aliphatic carbocycles. The summed E-state index contributed by atoms with van der Waals surface area (Å²) in [7, 11) is 0. The Morgan fingerprint density at radius 3 is 2.75 bits per heavy atom. The van der Waals surface area contributed by atoms with Crippen molar-refractivity contribution in [3.63, 3.8) is 0 Å². The highest BCUT2D eigenvalue weighted by Gasteiger charge is 2.32. The van der Waals surface area contributed by atoms with Crippen molar-refractivity contribution in [3.8, 4) is 11.8 Å². The lowest BCUT2D eigenvalue weighted by atomic mass is 9.76. The van der Waals surface area contributed by atoms with Gasteiger partial charge in [-0.3, -0.25) is 0 Å². The maximum absolute atomic E-state index is 9.39. The molecule has 0 atom stereocenters. The zero-order valence-corrected chi connectivity index (χ0v) is 9.15. The van der Waals surface area contributed by atoms with Crippen molar-refractivity contribution in [3.05, 3.63) is 29.8 Å². The molecule has 1 aliphatic rings. The van der Waals surface area contributed by atoms with Crippen LogP contribution in [-0.2, 0) is 11.2 Å². The zero-order chi connectivity index (χ0) is 11.4. The number of nitrogens with zero attached hydrogens (tertiary/aromatic N) is 1. The summed E-state index contributed by atoms with van der Waals surface area (Å²) in [6.45, 7) is 1.32. The van der Waals surface area contributed by atoms with Crippen LogP contribution in [0, 0.1) is 16.7 Å². The Morgan fingerprint density at radius 1 is 1.38 bits per heavy atom. The molecule has 1 aliphatic heterocycles. The SMILES string of the molecule is N#CC1(Cc2cccc(O)c2)CCOCC1. The maximum Gasteiger partial charge on any atom is 0.115 e. The molecule has 16 heavy (non-hydrogen) atoms. The quantitative estimate of drug-likeness (QED) is 0.826. The van der Waals surface area contributed by atoms with Crippen molar-refractivity contribution in [1.82, 2.24) is 0 Å². The van der Waals surface area contributed by atoms with Crippen LogP contribution in [0.4, 0.5) is 0 Å². The average Bonchev–Trinajstić information content (AvgIpc) is 2.30. The van der Waals surface area contributed by atoms with Crippen molar-refractivity contribution < 1.29 is 9.84 Å². The van der Waals surface area contributed by atoms with E-state index in [1.54, 1.807) is 12.1 Å². The molecule has 0 spiro atoms. The van der Waals surface area contributed by atoms with Gasteiger partial charge < -0.3 is 9.84 Å². The van der Waals surface area contributed by atoms with Gasteiger partial charge in [0.15, 0.2) is 0 Å². The van der Waals surface area contributed by atoms with Crippen molar-refractivity contribution in [2.24, 2.45) is 5.41 Å². The summed E-state index contributed by atoms with van der Waals surface area (Å²) in [5, 5.41) is 18.7. The van der Waals surface area contributed by atoms with Gasteiger partial charge in [-0.2, -0.15) is 5.26 Å². The molecule has 2 rings (SSSR count). The number of hydrogen-bond acceptors (Lipinski definition) is 3. The summed E-state index contributed by atoms with van der Waals surface area (Å²) in [6.07, 6.45) is 2.25. The first-order valence-corrected chi connectivity index (χ1v) is 5.51. The van der Waals surface area contributed by atoms with E-state index in [0.29, 0.717) is 19.6 Å². The van der Waals surface area contributed by atoms with Gasteiger partial charge in [0.1, 0.15) is 5.75 Å². The van der Waals surface area contributed by atoms with E-state index in [9.17, 15) is 10.4 Å². The first kappa shape index (κ1) is 11.0. The third kappa shape index (κ3) is 2.34. The summed E-state index contributed by atoms with van der Waals surface area (Å²) in [6, 6.07) is 9.57. The Bertz CT molecular complexity index is 403. The van der Waals surface area contributed by atoms with Crippen molar-refractivity contribution in [2.45, 2.75) is 19.3 Å². The minimum Gasteiger partial charge on any atom is -0.508 e. The Hall–Kier alpha value is -1.53. The van der Waals surface area contributed by atoms with Crippen LogP contribution in [0.5, 0.6) is 5.75 Å². The molecule has 1 heterocycles. The van der Waals surface area contributed by atoms with Gasteiger partial charge in [0, 0.05) is 13.2 Å². The lowest BCUT2D eigenvalue weighted by Crippen LogP contribution is -2.30. The molecule has 0 bridgehead atoms. The third-order valence-corrected chi connectivity index (χ3v) is 3.14. The molecule has 3 heteroatoms. The summed E-state index contributed by atoms with van der Waals surface area (Å²) in [4.78, 5) is 0. The molecule has 0 amide bonds. The second-order valence-corrected chi connectivity index (χ2v) is 4.35. The first-order chi connectivity index (χ1) is 7.74. The average molecular weight is 217 g/mol. The summed E-state index contributed by atoms with van der Waals surface area (Å²) >= 11 is 0. The topological polar surface area (TPSA) is 53.2 Å². The van der Waals surface area contributed by atoms with Crippen molar-refractivity contribution >= 4 is 0 Å². The molecule has 0 unspecified atom stereocenters. The van der Waals surface area contributed by atoms with Gasteiger partial charge in [-0.1, -0.05) is 12.1 Å². The minimum absolute atomic E-state index is 0.262. The van der Waals surface area contributed by atoms with Gasteiger partial charge in [-0.05, 0) is 37.0 Å². The van der Waals surface area contributed by atoms with Gasteiger partial charge in [-0.15, -0.1) is 0 Å². The normalized spacial score (nSPS) is 18.9. The molecule has 1 fully saturated rings. The number of phenols is 1. The van der Waals surface area contributed by atoms with Crippen LogP contribution in [0.15, 0.2) is 24.3 Å². The van der Waals surface area contributed by atoms with E-state index in [1.807, 2.05) is 12.1 Å². The van der Waals surface area contributed by atoms with E-state index >= 15 is 0 Å². The molecule has 0 saturated carbocycles. The Kier molecular flexibility index (Phi) is 3.12. The summed E-state index contributed by atoms with van der Waals surface area (Å²) in [5.74, 6) is 0.262. The van der Waals surface area contributed by atoms with Gasteiger partial charge in [0.25, 0.3) is 0 Å². The van der Waals surface area contributed by atoms with Gasteiger partial charge >= 0.3 is 0 Å². The standard InChI is InChI=1S/C13H15NO2/c14-10-13(4-6-16-7-5-13)9-11-2-1-3-12(15)8-11/h1-3,8,15H,4-7,9H2. The van der Waals surface area contributed by atoms with E-state index in [-0.39, 0.29) is 11.2 Å². The number of benzene rings is 1. The van der Waals surface area contributed by atoms with Crippen LogP contribution in [0.25, 0.3) is 0 Å². The molecule has 0 aromatic heterocycles. The van der Waals surface area contributed by atoms with E-state index < -0.39 is 0 Å². The Morgan fingerprint density at radius 2 is 2.12 bits per heavy atom. The van der Waals surface area contributed by atoms with Gasteiger partial charge in [0.05, 0.1) is 11.5 Å². The fourth-order valence-corrected chi connectivity index (χ4v) is 2.15. The van der Waals surface area contributed by atoms with Crippen LogP contribution < -0.4 is 0 Å². The molecule has 3 nitrogen and oxygen atoms in total. The molecule has 0 radical (unpaired) electrons. The van der Waals surface area contributed by atoms with Gasteiger partial charge in [-0.25, -0.2) is 0 Å². The lowest BCUT2D eigenvalue weighted by molar-refractivity contribution is 0.0406. The highest BCUT2D eigenvalue weighted by atomic mass is 16.5. The highest BCUT2D eigenvalue weighted by Crippen LogP contribution is 2.34. The molecular weight excluding hydrogens is 202 g/mol. The molecule has 1 aromatic carbocycles. The molecule has 84 valence electrons. The smallest absolute Gasteiger partial charge is 0.115 e. The van der Waals surface area contributed by atoms with Crippen molar-refractivity contribution in [1.29, 1.82) is 5.26 Å². The molecule has 1 saturated heterocycles. The number of rotatable bonds is 2. The molecule has 1 aromatic rings. The Labute approximate surface area is 95.3 Å². The third-order valence-electron chi connectivity index (χ3n) is 3.14. The van der Waals surface area contributed by atoms with Crippen LogP contribution in [0.2, 0.25) is 0 Å². The number of hydrogen-bond donors (Lipinski definition) is 1. The fourth-order valence-electron chi connectivity index (χ4n) is 2.15. The largest absolute Gasteiger partial charge is 0.508 e. The van der Waals surface area contributed by atoms with Crippen LogP contribution in [0.3, 0.4) is 0 Å². The lowest BCUT2D eigenvalue weighted by Gasteiger charge is -2.30. The van der Waals surface area contributed by atoms with Crippen LogP contribution in [0.1, 0.15) is 18.4 Å². The highest BCUT2D eigenvalue weighted by molar-refractivity contribution is 5.29. The monoisotopic (exact) mass is 217 g/mol. The minimum atomic E-state index is -0.313. The number of ether oxygens (including phenoxy) is 1. The van der Waals surface area contributed by atoms with Crippen LogP contribution >= 0.6 is 0 Å². The van der Waals surface area contributed by atoms with Crippen molar-refractivity contribution in [2.75, 3.05) is 13.2 Å². The first-order valence-electron chi connectivity index (χ1n) is 5.51. The van der Waals surface area contributed by atoms with E-state index in [2.05, 4.69) is 6.07 Å². The fraction of sp³-hybridized carbons (Fsp3) is 0.462. The van der Waals surface area contributed by atoms with E-state index in [1.165, 1.54) is 0 Å². The zero-order valence-electron chi connectivity index (χ0n) is 9.15. The molecule has 1 N–H and O–H groups in total. The number of phenolic OH excluding ortho intramolecular Hbond substituents is 1. The van der Waals surface area contributed by atoms with Crippen LogP contribution in [-0.4, -0.2) is 18.3 Å². The summed E-state index contributed by atoms with van der Waals surface area (Å²) < 4.78 is 5.29. The number of aromatic hydroxyl groups is 1. The predicted octanol–water partition coefficient (Wildman–Crippen LogP) is 2.26. The summed E-state index contributed by atoms with van der Waals surface area (Å²) in [5.41, 5.74) is 0.704. The van der Waals surface area contributed by atoms with Gasteiger partial charge in [0.2, 0.25) is 0 Å². The maximum atomic E-state index is 9.39. The van der Waals surface area contributed by atoms with E-state index in [0.717, 1.165) is 18.4 Å². The number of nitriles is 1.